The Kier molecular flexibility index (Phi) is 3.68. The molecule has 0 aliphatic carbocycles. The fraction of sp³-hybridized carbons (Fsp3) is 0.333. The summed E-state index contributed by atoms with van der Waals surface area (Å²) in [5, 5.41) is 0. The first-order chi connectivity index (χ1) is 8.38. The molecule has 0 aromatic carbocycles. The third-order valence-corrected chi connectivity index (χ3v) is 4.16. The number of hydrogen-bond acceptors (Lipinski definition) is 2. The van der Waals surface area contributed by atoms with Gasteiger partial charge in [-0.15, -0.1) is 0 Å². The maximum atomic E-state index is 11.8. The van der Waals surface area contributed by atoms with Crippen molar-refractivity contribution in [3.8, 4) is 0 Å². The number of nitrogens with zero attached hydrogens (tertiary/aromatic N) is 3. The van der Waals surface area contributed by atoms with E-state index in [0.29, 0.717) is 5.69 Å². The average molecular weight is 328 g/mol. The van der Waals surface area contributed by atoms with Crippen molar-refractivity contribution in [1.29, 1.82) is 0 Å². The first-order valence-corrected chi connectivity index (χ1v) is 7.36. The largest absolute Gasteiger partial charge is 0.306 e. The van der Waals surface area contributed by atoms with Gasteiger partial charge in [-0.25, -0.2) is 9.19 Å². The number of pyridine rings is 1. The van der Waals surface area contributed by atoms with Crippen molar-refractivity contribution in [2.75, 3.05) is 0 Å². The molecule has 18 heavy (non-hydrogen) atoms. The van der Waals surface area contributed by atoms with E-state index in [-0.39, 0.29) is 4.75 Å². The molecule has 0 radical (unpaired) electrons. The van der Waals surface area contributed by atoms with Crippen molar-refractivity contribution in [3.63, 3.8) is 0 Å². The smallest absolute Gasteiger partial charge is 0.144 e. The average Bonchev–Trinajstić information content (AvgIpc) is 2.67. The van der Waals surface area contributed by atoms with Gasteiger partial charge in [0.1, 0.15) is 16.7 Å². The molecule has 1 unspecified atom stereocenters. The molecule has 2 aromatic heterocycles. The minimum Gasteiger partial charge on any atom is -0.306 e. The van der Waals surface area contributed by atoms with Gasteiger partial charge in [0.15, 0.2) is 0 Å². The minimum absolute atomic E-state index is 0.355. The second-order valence-electron chi connectivity index (χ2n) is 4.86. The summed E-state index contributed by atoms with van der Waals surface area (Å²) in [6.45, 7) is 5.67. The number of rotatable bonds is 2. The summed E-state index contributed by atoms with van der Waals surface area (Å²) in [6.07, 6.45) is 5.19. The van der Waals surface area contributed by atoms with Gasteiger partial charge in [0.2, 0.25) is 0 Å². The van der Waals surface area contributed by atoms with Crippen LogP contribution in [0.2, 0.25) is 0 Å². The Morgan fingerprint density at radius 2 is 2.22 bits per heavy atom. The summed E-state index contributed by atoms with van der Waals surface area (Å²) in [5.41, 5.74) is 1.65. The van der Waals surface area contributed by atoms with Gasteiger partial charge in [-0.3, -0.25) is 0 Å². The second-order valence-corrected chi connectivity index (χ2v) is 7.71. The molecular weight excluding hydrogens is 314 g/mol. The quantitative estimate of drug-likeness (QED) is 0.796. The number of hydrogen-bond donors (Lipinski definition) is 0. The highest BCUT2D eigenvalue weighted by Crippen LogP contribution is 2.16. The van der Waals surface area contributed by atoms with E-state index in [0.717, 1.165) is 9.99 Å². The lowest BCUT2D eigenvalue weighted by Gasteiger charge is -2.12. The van der Waals surface area contributed by atoms with Crippen molar-refractivity contribution in [1.82, 2.24) is 9.38 Å². The number of halogens is 1. The van der Waals surface area contributed by atoms with Crippen LogP contribution in [0.1, 0.15) is 26.5 Å². The molecule has 0 amide bonds. The summed E-state index contributed by atoms with van der Waals surface area (Å²) >= 11 is 3.42. The molecule has 0 bridgehead atoms. The van der Waals surface area contributed by atoms with Gasteiger partial charge in [0, 0.05) is 10.7 Å². The van der Waals surface area contributed by atoms with E-state index in [1.54, 1.807) is 12.5 Å². The number of imidazole rings is 1. The zero-order chi connectivity index (χ0) is 13.3. The lowest BCUT2D eigenvalue weighted by Crippen LogP contribution is -2.19. The molecule has 1 atom stereocenters. The molecule has 0 N–H and O–H groups in total. The standard InChI is InChI=1S/C12H14BrN3OS/c1-12(2,3)18(17)15-7-10-11-6-9(13)4-5-16(11)8-14-10/h4-8H,1-3H3. The Labute approximate surface area is 117 Å². The van der Waals surface area contributed by atoms with Gasteiger partial charge >= 0.3 is 0 Å². The molecule has 0 saturated carbocycles. The van der Waals surface area contributed by atoms with Crippen LogP contribution in [0, 0.1) is 0 Å². The minimum atomic E-state index is -1.26. The van der Waals surface area contributed by atoms with Gasteiger partial charge in [-0.1, -0.05) is 15.9 Å². The van der Waals surface area contributed by atoms with Crippen LogP contribution in [-0.2, 0) is 11.0 Å². The summed E-state index contributed by atoms with van der Waals surface area (Å²) in [7, 11) is -1.26. The highest BCUT2D eigenvalue weighted by Gasteiger charge is 2.18. The van der Waals surface area contributed by atoms with E-state index in [1.165, 1.54) is 0 Å². The molecule has 2 aromatic rings. The Morgan fingerprint density at radius 3 is 2.89 bits per heavy atom. The van der Waals surface area contributed by atoms with Crippen molar-refractivity contribution < 1.29 is 4.21 Å². The fourth-order valence-electron chi connectivity index (χ4n) is 1.34. The Bertz CT molecular complexity index is 628. The Hall–Kier alpha value is -1.01. The van der Waals surface area contributed by atoms with Crippen molar-refractivity contribution in [2.24, 2.45) is 4.40 Å². The van der Waals surface area contributed by atoms with Crippen molar-refractivity contribution in [2.45, 2.75) is 25.5 Å². The third kappa shape index (κ3) is 2.87. The van der Waals surface area contributed by atoms with Crippen LogP contribution in [0.4, 0.5) is 0 Å². The molecule has 2 heterocycles. The predicted octanol–water partition coefficient (Wildman–Crippen LogP) is 2.98. The Morgan fingerprint density at radius 1 is 1.50 bits per heavy atom. The van der Waals surface area contributed by atoms with Gasteiger partial charge in [0.05, 0.1) is 22.8 Å². The predicted molar refractivity (Wildman–Crippen MR) is 78.4 cm³/mol. The molecule has 0 spiro atoms. The molecular formula is C12H14BrN3OS. The van der Waals surface area contributed by atoms with Crippen LogP contribution in [0.5, 0.6) is 0 Å². The monoisotopic (exact) mass is 327 g/mol. The summed E-state index contributed by atoms with van der Waals surface area (Å²) in [4.78, 5) is 4.25. The summed E-state index contributed by atoms with van der Waals surface area (Å²) < 4.78 is 18.4. The van der Waals surface area contributed by atoms with Crippen molar-refractivity contribution in [3.05, 3.63) is 34.8 Å². The van der Waals surface area contributed by atoms with Gasteiger partial charge < -0.3 is 4.40 Å². The zero-order valence-electron chi connectivity index (χ0n) is 10.4. The van der Waals surface area contributed by atoms with Crippen LogP contribution in [0.25, 0.3) is 5.52 Å². The molecule has 6 heteroatoms. The molecule has 0 saturated heterocycles. The highest BCUT2D eigenvalue weighted by molar-refractivity contribution is 9.10. The topological polar surface area (TPSA) is 46.7 Å². The van der Waals surface area contributed by atoms with Crippen molar-refractivity contribution >= 4 is 38.6 Å². The summed E-state index contributed by atoms with van der Waals surface area (Å²) in [5.74, 6) is 0. The van der Waals surface area contributed by atoms with E-state index in [9.17, 15) is 4.21 Å². The van der Waals surface area contributed by atoms with E-state index in [2.05, 4.69) is 25.3 Å². The van der Waals surface area contributed by atoms with E-state index >= 15 is 0 Å². The molecule has 0 fully saturated rings. The molecule has 4 nitrogen and oxygen atoms in total. The number of aromatic nitrogens is 2. The lowest BCUT2D eigenvalue weighted by molar-refractivity contribution is 0.651. The van der Waals surface area contributed by atoms with E-state index < -0.39 is 11.0 Å². The normalized spacial score (nSPS) is 14.4. The highest BCUT2D eigenvalue weighted by atomic mass is 79.9. The van der Waals surface area contributed by atoms with Crippen LogP contribution >= 0.6 is 15.9 Å². The Balaban J connectivity index is 2.35. The SMILES string of the molecule is CC(C)(C)S(=O)N=Cc1ncn2ccc(Br)cc12. The van der Waals surface area contributed by atoms with Gasteiger partial charge in [-0.05, 0) is 32.9 Å². The second kappa shape index (κ2) is 4.93. The van der Waals surface area contributed by atoms with Crippen LogP contribution in [-0.4, -0.2) is 24.6 Å². The van der Waals surface area contributed by atoms with E-state index in [1.807, 2.05) is 43.5 Å². The first kappa shape index (κ1) is 13.4. The maximum Gasteiger partial charge on any atom is 0.144 e. The number of fused-ring (bicyclic) bond motifs is 1. The molecule has 0 aliphatic heterocycles. The van der Waals surface area contributed by atoms with Gasteiger partial charge in [-0.2, -0.15) is 4.40 Å². The fourth-order valence-corrected chi connectivity index (χ4v) is 2.18. The summed E-state index contributed by atoms with van der Waals surface area (Å²) in [6, 6.07) is 3.89. The third-order valence-electron chi connectivity index (χ3n) is 2.33. The van der Waals surface area contributed by atoms with E-state index in [4.69, 9.17) is 0 Å². The van der Waals surface area contributed by atoms with Crippen LogP contribution in [0.15, 0.2) is 33.5 Å². The first-order valence-electron chi connectivity index (χ1n) is 5.46. The van der Waals surface area contributed by atoms with Crippen LogP contribution in [0.3, 0.4) is 0 Å². The van der Waals surface area contributed by atoms with Crippen LogP contribution < -0.4 is 0 Å². The zero-order valence-corrected chi connectivity index (χ0v) is 12.8. The molecule has 96 valence electrons. The molecule has 2 rings (SSSR count). The van der Waals surface area contributed by atoms with Gasteiger partial charge in [0.25, 0.3) is 0 Å². The lowest BCUT2D eigenvalue weighted by atomic mass is 10.3. The maximum absolute atomic E-state index is 11.8. The molecule has 0 aliphatic rings.